The van der Waals surface area contributed by atoms with Crippen LogP contribution in [0.1, 0.15) is 37.8 Å². The van der Waals surface area contributed by atoms with Gasteiger partial charge in [0, 0.05) is 45.3 Å². The molecule has 0 saturated carbocycles. The number of aliphatic hydroxyl groups excluding tert-OH is 1. The Morgan fingerprint density at radius 3 is 2.09 bits per heavy atom. The Hall–Kier alpha value is -3.38. The fourth-order valence-corrected chi connectivity index (χ4v) is 3.96. The molecule has 1 fully saturated rings. The summed E-state index contributed by atoms with van der Waals surface area (Å²) in [6.07, 6.45) is 3.33. The molecule has 1 saturated heterocycles. The summed E-state index contributed by atoms with van der Waals surface area (Å²) in [5, 5.41) is 9.03. The minimum absolute atomic E-state index is 0.0295. The number of amides is 1. The molecule has 2 atom stereocenters. The maximum absolute atomic E-state index is 12.4. The fraction of sp³-hybridized carbons (Fsp3) is 0.333. The van der Waals surface area contributed by atoms with Crippen molar-refractivity contribution in [1.29, 1.82) is 0 Å². The topological polar surface area (TPSA) is 71.8 Å². The highest BCUT2D eigenvalue weighted by molar-refractivity contribution is 5.69. The van der Waals surface area contributed by atoms with Gasteiger partial charge in [0.05, 0.1) is 6.04 Å². The third-order valence-corrected chi connectivity index (χ3v) is 5.79. The van der Waals surface area contributed by atoms with Crippen LogP contribution in [-0.4, -0.2) is 39.9 Å². The largest absolute Gasteiger partial charge is 0.446 e. The van der Waals surface area contributed by atoms with E-state index in [1.165, 1.54) is 0 Å². The summed E-state index contributed by atoms with van der Waals surface area (Å²) < 4.78 is 7.02. The number of aliphatic hydroxyl groups is 1. The highest BCUT2D eigenvalue weighted by atomic mass is 16.6. The number of pyridine rings is 1. The first-order valence-electron chi connectivity index (χ1n) is 11.4. The van der Waals surface area contributed by atoms with Crippen LogP contribution in [0.2, 0.25) is 0 Å². The van der Waals surface area contributed by atoms with Crippen molar-refractivity contribution in [3.63, 3.8) is 0 Å². The van der Waals surface area contributed by atoms with Crippen molar-refractivity contribution >= 4 is 6.09 Å². The van der Waals surface area contributed by atoms with Crippen molar-refractivity contribution in [3.05, 3.63) is 94.9 Å². The van der Waals surface area contributed by atoms with Crippen molar-refractivity contribution in [3.8, 4) is 11.1 Å². The third-order valence-electron chi connectivity index (χ3n) is 5.79. The normalized spacial score (nSPS) is 16.4. The molecule has 1 aromatic heterocycles. The zero-order valence-electron chi connectivity index (χ0n) is 19.3. The van der Waals surface area contributed by atoms with Crippen molar-refractivity contribution < 1.29 is 14.6 Å². The molecule has 3 aromatic rings. The van der Waals surface area contributed by atoms with E-state index in [4.69, 9.17) is 9.84 Å². The molecule has 6 nitrogen and oxygen atoms in total. The van der Waals surface area contributed by atoms with Gasteiger partial charge in [0.2, 0.25) is 5.56 Å². The molecule has 1 aliphatic heterocycles. The van der Waals surface area contributed by atoms with E-state index in [1.807, 2.05) is 72.9 Å². The Labute approximate surface area is 195 Å². The summed E-state index contributed by atoms with van der Waals surface area (Å²) in [4.78, 5) is 25.7. The number of carbonyl (C=O) groups excluding carboxylic acids is 1. The standard InChI is InChI=1S/C21H26N2O4.C6H6/c1-3-19(23-12-10-18(11-13-24)27-21(23)26)16-6-4-15(5-7-16)17-8-9-20(25)22(2)14-17;1-2-4-6-5-3-1/h4-9,14,18-19,24H,3,10-13H2,1-2H3;1-6H. The molecule has 33 heavy (non-hydrogen) atoms. The van der Waals surface area contributed by atoms with Gasteiger partial charge in [0.15, 0.2) is 0 Å². The van der Waals surface area contributed by atoms with Crippen molar-refractivity contribution in [1.82, 2.24) is 9.47 Å². The van der Waals surface area contributed by atoms with E-state index in [-0.39, 0.29) is 30.4 Å². The van der Waals surface area contributed by atoms with Gasteiger partial charge < -0.3 is 19.3 Å². The van der Waals surface area contributed by atoms with Gasteiger partial charge in [-0.1, -0.05) is 67.6 Å². The van der Waals surface area contributed by atoms with Crippen LogP contribution in [0, 0.1) is 0 Å². The monoisotopic (exact) mass is 448 g/mol. The van der Waals surface area contributed by atoms with E-state index >= 15 is 0 Å². The zero-order chi connectivity index (χ0) is 23.6. The number of cyclic esters (lactones) is 1. The Kier molecular flexibility index (Phi) is 8.84. The Bertz CT molecular complexity index is 1040. The van der Waals surface area contributed by atoms with E-state index < -0.39 is 0 Å². The maximum atomic E-state index is 12.4. The molecule has 1 amide bonds. The molecule has 174 valence electrons. The zero-order valence-corrected chi connectivity index (χ0v) is 19.3. The second-order valence-electron chi connectivity index (χ2n) is 8.07. The lowest BCUT2D eigenvalue weighted by Crippen LogP contribution is -2.44. The predicted octanol–water partition coefficient (Wildman–Crippen LogP) is 4.78. The number of ether oxygens (including phenoxy) is 1. The number of benzene rings is 2. The van der Waals surface area contributed by atoms with Crippen LogP contribution in [0.3, 0.4) is 0 Å². The Morgan fingerprint density at radius 2 is 1.58 bits per heavy atom. The summed E-state index contributed by atoms with van der Waals surface area (Å²) in [6.45, 7) is 2.71. The number of carbonyl (C=O) groups is 1. The second kappa shape index (κ2) is 12.0. The van der Waals surface area contributed by atoms with Crippen LogP contribution in [0.15, 0.2) is 83.8 Å². The summed E-state index contributed by atoms with van der Waals surface area (Å²) in [7, 11) is 1.74. The van der Waals surface area contributed by atoms with Crippen LogP contribution in [0.5, 0.6) is 0 Å². The van der Waals surface area contributed by atoms with E-state index in [0.717, 1.165) is 29.5 Å². The number of hydrogen-bond donors (Lipinski definition) is 1. The lowest BCUT2D eigenvalue weighted by Gasteiger charge is -2.37. The van der Waals surface area contributed by atoms with Gasteiger partial charge in [-0.25, -0.2) is 4.79 Å². The molecular weight excluding hydrogens is 416 g/mol. The molecule has 2 heterocycles. The molecule has 4 rings (SSSR count). The average Bonchev–Trinajstić information content (AvgIpc) is 2.85. The number of aromatic nitrogens is 1. The molecule has 1 N–H and O–H groups in total. The molecule has 2 unspecified atom stereocenters. The minimum Gasteiger partial charge on any atom is -0.446 e. The highest BCUT2D eigenvalue weighted by Gasteiger charge is 2.31. The molecule has 0 aliphatic carbocycles. The molecule has 6 heteroatoms. The summed E-state index contributed by atoms with van der Waals surface area (Å²) >= 11 is 0. The molecular formula is C27H32N2O4. The molecule has 0 spiro atoms. The number of rotatable bonds is 6. The van der Waals surface area contributed by atoms with Crippen LogP contribution in [0.25, 0.3) is 11.1 Å². The number of aryl methyl sites for hydroxylation is 1. The lowest BCUT2D eigenvalue weighted by molar-refractivity contribution is 0.00121. The smallest absolute Gasteiger partial charge is 0.410 e. The van der Waals surface area contributed by atoms with E-state index in [9.17, 15) is 9.59 Å². The van der Waals surface area contributed by atoms with E-state index in [2.05, 4.69) is 6.92 Å². The van der Waals surface area contributed by atoms with Crippen molar-refractivity contribution in [2.24, 2.45) is 7.05 Å². The molecule has 0 radical (unpaired) electrons. The summed E-state index contributed by atoms with van der Waals surface area (Å²) in [5.41, 5.74) is 3.02. The maximum Gasteiger partial charge on any atom is 0.410 e. The fourth-order valence-electron chi connectivity index (χ4n) is 3.96. The van der Waals surface area contributed by atoms with Gasteiger partial charge >= 0.3 is 6.09 Å². The van der Waals surface area contributed by atoms with E-state index in [1.54, 1.807) is 22.6 Å². The minimum atomic E-state index is -0.311. The highest BCUT2D eigenvalue weighted by Crippen LogP contribution is 2.30. The number of hydrogen-bond acceptors (Lipinski definition) is 4. The first kappa shape index (κ1) is 24.3. The number of nitrogens with zero attached hydrogens (tertiary/aromatic N) is 2. The Balaban J connectivity index is 0.000000442. The SMILES string of the molecule is CCC(c1ccc(-c2ccc(=O)n(C)c2)cc1)N1CCC(CCO)OC1=O.c1ccccc1. The van der Waals surface area contributed by atoms with Gasteiger partial charge in [0.1, 0.15) is 6.10 Å². The van der Waals surface area contributed by atoms with Crippen molar-refractivity contribution in [2.45, 2.75) is 38.3 Å². The van der Waals surface area contributed by atoms with Gasteiger partial charge in [-0.15, -0.1) is 0 Å². The first-order chi connectivity index (χ1) is 16.0. The summed E-state index contributed by atoms with van der Waals surface area (Å²) in [5.74, 6) is 0. The third kappa shape index (κ3) is 6.56. The van der Waals surface area contributed by atoms with Gasteiger partial charge in [-0.2, -0.15) is 0 Å². The lowest BCUT2D eigenvalue weighted by atomic mass is 9.98. The molecule has 0 bridgehead atoms. The first-order valence-corrected chi connectivity index (χ1v) is 11.4. The Morgan fingerprint density at radius 1 is 0.970 bits per heavy atom. The van der Waals surface area contributed by atoms with Gasteiger partial charge in [0.25, 0.3) is 0 Å². The molecule has 1 aliphatic rings. The average molecular weight is 449 g/mol. The van der Waals surface area contributed by atoms with Crippen LogP contribution in [-0.2, 0) is 11.8 Å². The van der Waals surface area contributed by atoms with Crippen molar-refractivity contribution in [2.75, 3.05) is 13.2 Å². The second-order valence-corrected chi connectivity index (χ2v) is 8.07. The van der Waals surface area contributed by atoms with Gasteiger partial charge in [-0.05, 0) is 29.2 Å². The predicted molar refractivity (Wildman–Crippen MR) is 130 cm³/mol. The van der Waals surface area contributed by atoms with Gasteiger partial charge in [-0.3, -0.25) is 4.79 Å². The summed E-state index contributed by atoms with van der Waals surface area (Å²) in [6, 6.07) is 23.4. The van der Waals surface area contributed by atoms with E-state index in [0.29, 0.717) is 13.0 Å². The van der Waals surface area contributed by atoms with Crippen LogP contribution >= 0.6 is 0 Å². The quantitative estimate of drug-likeness (QED) is 0.589. The van der Waals surface area contributed by atoms with Crippen LogP contribution in [0.4, 0.5) is 4.79 Å². The molecule has 2 aromatic carbocycles. The van der Waals surface area contributed by atoms with Crippen LogP contribution < -0.4 is 5.56 Å².